The van der Waals surface area contributed by atoms with Crippen molar-refractivity contribution in [2.24, 2.45) is 0 Å². The van der Waals surface area contributed by atoms with Crippen LogP contribution in [-0.4, -0.2) is 57.3 Å². The van der Waals surface area contributed by atoms with Crippen molar-refractivity contribution in [1.29, 1.82) is 5.26 Å². The Balaban J connectivity index is 1.48. The predicted octanol–water partition coefficient (Wildman–Crippen LogP) is 3.50. The van der Waals surface area contributed by atoms with Crippen molar-refractivity contribution in [1.82, 2.24) is 19.9 Å². The first kappa shape index (κ1) is 23.9. The number of pyridine rings is 1. The van der Waals surface area contributed by atoms with E-state index in [2.05, 4.69) is 19.9 Å². The van der Waals surface area contributed by atoms with Gasteiger partial charge in [-0.25, -0.2) is 13.8 Å². The van der Waals surface area contributed by atoms with Gasteiger partial charge in [0.25, 0.3) is 0 Å². The second-order valence-corrected chi connectivity index (χ2v) is 10.1. The summed E-state index contributed by atoms with van der Waals surface area (Å²) in [6.45, 7) is 2.18. The summed E-state index contributed by atoms with van der Waals surface area (Å²) in [7, 11) is 0. The highest BCUT2D eigenvalue weighted by Crippen LogP contribution is 2.45. The molecule has 1 fully saturated rings. The molecule has 37 heavy (non-hydrogen) atoms. The van der Waals surface area contributed by atoms with Gasteiger partial charge in [-0.1, -0.05) is 0 Å². The number of hydrogen-bond acceptors (Lipinski definition) is 10. The van der Waals surface area contributed by atoms with Crippen molar-refractivity contribution in [2.75, 3.05) is 32.0 Å². The predicted molar refractivity (Wildman–Crippen MR) is 133 cm³/mol. The first-order valence-corrected chi connectivity index (χ1v) is 12.7. The lowest BCUT2D eigenvalue weighted by molar-refractivity contribution is 0.135. The number of hydrogen-bond donors (Lipinski definition) is 2. The Morgan fingerprint density at radius 3 is 2.92 bits per heavy atom. The summed E-state index contributed by atoms with van der Waals surface area (Å²) < 4.78 is 42.5. The number of nitrogen functional groups attached to an aromatic ring is 1. The summed E-state index contributed by atoms with van der Waals surface area (Å²) in [5.74, 6) is -1.31. The van der Waals surface area contributed by atoms with Crippen LogP contribution in [-0.2, 0) is 18.0 Å². The maximum Gasteiger partial charge on any atom is 0.317 e. The number of thiophene rings is 1. The smallest absolute Gasteiger partial charge is 0.317 e. The molecule has 0 saturated carbocycles. The summed E-state index contributed by atoms with van der Waals surface area (Å²) in [5.41, 5.74) is 7.57. The van der Waals surface area contributed by atoms with Crippen LogP contribution in [0.5, 0.6) is 6.01 Å². The number of aromatic nitrogens is 3. The van der Waals surface area contributed by atoms with E-state index in [4.69, 9.17) is 15.2 Å². The number of aliphatic hydroxyl groups excluding tert-OH is 1. The van der Waals surface area contributed by atoms with Gasteiger partial charge >= 0.3 is 6.01 Å². The fourth-order valence-electron chi connectivity index (χ4n) is 5.28. The van der Waals surface area contributed by atoms with Crippen molar-refractivity contribution in [3.8, 4) is 23.3 Å². The third-order valence-electron chi connectivity index (χ3n) is 7.01. The molecule has 6 rings (SSSR count). The van der Waals surface area contributed by atoms with Crippen LogP contribution < -0.4 is 10.5 Å². The molecule has 0 spiro atoms. The molecule has 1 aromatic carbocycles. The van der Waals surface area contributed by atoms with Crippen LogP contribution in [0.2, 0.25) is 0 Å². The second-order valence-electron chi connectivity index (χ2n) is 9.03. The van der Waals surface area contributed by atoms with Gasteiger partial charge in [-0.2, -0.15) is 10.2 Å². The summed E-state index contributed by atoms with van der Waals surface area (Å²) in [5, 5.41) is 19.8. The fourth-order valence-corrected chi connectivity index (χ4v) is 6.20. The van der Waals surface area contributed by atoms with Crippen molar-refractivity contribution in [2.45, 2.75) is 32.1 Å². The van der Waals surface area contributed by atoms with E-state index < -0.39 is 11.6 Å². The number of fused-ring (bicyclic) bond motifs is 4. The highest BCUT2D eigenvalue weighted by Gasteiger charge is 2.30. The van der Waals surface area contributed by atoms with Crippen LogP contribution in [0.25, 0.3) is 32.2 Å². The average Bonchev–Trinajstić information content (AvgIpc) is 3.63. The Bertz CT molecular complexity index is 1590. The minimum Gasteiger partial charge on any atom is -0.462 e. The van der Waals surface area contributed by atoms with E-state index in [1.54, 1.807) is 0 Å². The minimum atomic E-state index is -0.677. The molecule has 5 heterocycles. The third-order valence-corrected chi connectivity index (χ3v) is 8.04. The summed E-state index contributed by atoms with van der Waals surface area (Å²) in [6, 6.07) is 2.15. The molecule has 3 N–H and O–H groups in total. The lowest BCUT2D eigenvalue weighted by Gasteiger charge is -2.23. The molecule has 2 aliphatic heterocycles. The molecule has 3 aromatic heterocycles. The molecule has 1 saturated heterocycles. The standard InChI is InChI=1S/C25H22F2N6O3S/c26-17-8-30-22(19-13(6-28)24(29)37-23(17)19)18-16-11-35-10-15(16)14-7-31-25(32-21(14)20(18)27)36-9-12-2-1-3-33(12)4-5-34/h7-8,12,34H,1-5,9-11,29H2. The molecule has 2 aliphatic rings. The van der Waals surface area contributed by atoms with Crippen molar-refractivity contribution < 1.29 is 23.4 Å². The van der Waals surface area contributed by atoms with E-state index in [9.17, 15) is 14.8 Å². The Labute approximate surface area is 214 Å². The van der Waals surface area contributed by atoms with Crippen LogP contribution in [0.4, 0.5) is 13.8 Å². The number of ether oxygens (including phenoxy) is 2. The summed E-state index contributed by atoms with van der Waals surface area (Å²) in [4.78, 5) is 15.1. The number of benzene rings is 1. The van der Waals surface area contributed by atoms with Gasteiger partial charge in [0.1, 0.15) is 23.2 Å². The van der Waals surface area contributed by atoms with E-state index in [1.807, 2.05) is 6.07 Å². The highest BCUT2D eigenvalue weighted by atomic mass is 32.1. The monoisotopic (exact) mass is 524 g/mol. The summed E-state index contributed by atoms with van der Waals surface area (Å²) >= 11 is 0.927. The Hall–Kier alpha value is -3.50. The topological polar surface area (TPSA) is 130 Å². The number of likely N-dealkylation sites (tertiary alicyclic amines) is 1. The molecule has 0 amide bonds. The minimum absolute atomic E-state index is 0.0294. The molecule has 0 bridgehead atoms. The first-order valence-electron chi connectivity index (χ1n) is 11.8. The maximum absolute atomic E-state index is 16.3. The molecule has 190 valence electrons. The Morgan fingerprint density at radius 1 is 1.27 bits per heavy atom. The number of halogens is 2. The zero-order valence-corrected chi connectivity index (χ0v) is 20.4. The zero-order valence-electron chi connectivity index (χ0n) is 19.6. The zero-order chi connectivity index (χ0) is 25.7. The number of nitriles is 1. The first-order chi connectivity index (χ1) is 18.0. The van der Waals surface area contributed by atoms with Gasteiger partial charge in [-0.05, 0) is 30.5 Å². The van der Waals surface area contributed by atoms with Gasteiger partial charge in [-0.3, -0.25) is 9.88 Å². The summed E-state index contributed by atoms with van der Waals surface area (Å²) in [6.07, 6.45) is 4.46. The van der Waals surface area contributed by atoms with Gasteiger partial charge in [-0.15, -0.1) is 11.3 Å². The van der Waals surface area contributed by atoms with Crippen molar-refractivity contribution in [3.63, 3.8) is 0 Å². The molecule has 1 atom stereocenters. The van der Waals surface area contributed by atoms with Crippen LogP contribution in [0.3, 0.4) is 0 Å². The van der Waals surface area contributed by atoms with Gasteiger partial charge in [0, 0.05) is 35.1 Å². The molecule has 1 unspecified atom stereocenters. The number of β-amino-alcohol motifs (C(OH)–C–C–N with tert-alkyl or cyclic N) is 1. The normalized spacial score (nSPS) is 17.5. The van der Waals surface area contributed by atoms with Crippen LogP contribution >= 0.6 is 11.3 Å². The molecule has 0 radical (unpaired) electrons. The van der Waals surface area contributed by atoms with Crippen molar-refractivity contribution in [3.05, 3.63) is 40.7 Å². The molecule has 4 aromatic rings. The Kier molecular flexibility index (Phi) is 6.08. The average molecular weight is 525 g/mol. The SMILES string of the molecule is N#Cc1c(N)sc2c(F)cnc(-c3c4c(c5cnc(OCC6CCCN6CCO)nc5c3F)COC4)c12. The lowest BCUT2D eigenvalue weighted by atomic mass is 9.94. The van der Waals surface area contributed by atoms with Gasteiger partial charge in [0.15, 0.2) is 11.6 Å². The van der Waals surface area contributed by atoms with E-state index in [0.29, 0.717) is 29.7 Å². The van der Waals surface area contributed by atoms with Gasteiger partial charge in [0.05, 0.1) is 42.0 Å². The van der Waals surface area contributed by atoms with E-state index in [0.717, 1.165) is 36.9 Å². The molecule has 9 nitrogen and oxygen atoms in total. The lowest BCUT2D eigenvalue weighted by Crippen LogP contribution is -2.36. The highest BCUT2D eigenvalue weighted by molar-refractivity contribution is 7.23. The number of rotatable bonds is 6. The van der Waals surface area contributed by atoms with Crippen LogP contribution in [0.1, 0.15) is 29.5 Å². The third kappa shape index (κ3) is 3.86. The fraction of sp³-hybridized carbons (Fsp3) is 0.360. The second kappa shape index (κ2) is 9.42. The van der Waals surface area contributed by atoms with Gasteiger partial charge < -0.3 is 20.3 Å². The maximum atomic E-state index is 16.3. The number of nitrogens with two attached hydrogens (primary N) is 1. The van der Waals surface area contributed by atoms with E-state index in [1.165, 1.54) is 6.20 Å². The Morgan fingerprint density at radius 2 is 2.11 bits per heavy atom. The van der Waals surface area contributed by atoms with Crippen molar-refractivity contribution >= 4 is 37.3 Å². The molecular formula is C25H22F2N6O3S. The van der Waals surface area contributed by atoms with E-state index >= 15 is 4.39 Å². The largest absolute Gasteiger partial charge is 0.462 e. The number of anilines is 1. The molecule has 12 heteroatoms. The van der Waals surface area contributed by atoms with Gasteiger partial charge in [0.2, 0.25) is 0 Å². The van der Waals surface area contributed by atoms with Crippen LogP contribution in [0, 0.1) is 23.0 Å². The van der Waals surface area contributed by atoms with E-state index in [-0.39, 0.29) is 69.3 Å². The quantitative estimate of drug-likeness (QED) is 0.389. The molecular weight excluding hydrogens is 502 g/mol. The van der Waals surface area contributed by atoms with Crippen LogP contribution in [0.15, 0.2) is 12.4 Å². The number of nitrogens with zero attached hydrogens (tertiary/aromatic N) is 5. The molecule has 0 aliphatic carbocycles. The number of aliphatic hydroxyl groups is 1.